The molecule has 23 heavy (non-hydrogen) atoms. The Kier molecular flexibility index (Phi) is 5.96. The van der Waals surface area contributed by atoms with Gasteiger partial charge in [-0.1, -0.05) is 0 Å². The van der Waals surface area contributed by atoms with Gasteiger partial charge in [0.2, 0.25) is 0 Å². The SMILES string of the molecule is CCO[C@@H]1C[C@H](c2ccc(Br)cc2)O/C1=C\[Se]c1ccccc1. The minimum absolute atomic E-state index is 0.0687. The second kappa shape index (κ2) is 8.16. The molecule has 0 saturated carbocycles. The molecule has 1 fully saturated rings. The fraction of sp³-hybridized carbons (Fsp3) is 0.263. The molecule has 0 radical (unpaired) electrons. The van der Waals surface area contributed by atoms with Crippen LogP contribution < -0.4 is 4.46 Å². The standard InChI is InChI=1S/C19H19BrO2Se/c1-2-21-18-12-17(14-8-10-15(20)11-9-14)22-19(18)13-23-16-6-4-3-5-7-16/h3-11,13,17-18H,2,12H2,1H3/b19-13-/t17-,18-/m1/s1. The average molecular weight is 438 g/mol. The van der Waals surface area contributed by atoms with Crippen molar-refractivity contribution < 1.29 is 9.47 Å². The van der Waals surface area contributed by atoms with Crippen LogP contribution in [0.5, 0.6) is 0 Å². The third kappa shape index (κ3) is 4.48. The van der Waals surface area contributed by atoms with Gasteiger partial charge >= 0.3 is 152 Å². The van der Waals surface area contributed by atoms with Crippen LogP contribution in [0.3, 0.4) is 0 Å². The summed E-state index contributed by atoms with van der Waals surface area (Å²) in [6.45, 7) is 2.74. The summed E-state index contributed by atoms with van der Waals surface area (Å²) in [5.74, 6) is 0.989. The first kappa shape index (κ1) is 16.8. The van der Waals surface area contributed by atoms with E-state index in [0.29, 0.717) is 6.61 Å². The summed E-state index contributed by atoms with van der Waals surface area (Å²) in [4.78, 5) is 2.22. The first-order valence-corrected chi connectivity index (χ1v) is 10.4. The average Bonchev–Trinajstić information content (AvgIpc) is 2.98. The summed E-state index contributed by atoms with van der Waals surface area (Å²) in [6, 6.07) is 18.9. The van der Waals surface area contributed by atoms with Crippen LogP contribution in [0.2, 0.25) is 0 Å². The molecule has 2 atom stereocenters. The van der Waals surface area contributed by atoms with Crippen LogP contribution in [0.15, 0.2) is 69.8 Å². The maximum absolute atomic E-state index is 6.21. The van der Waals surface area contributed by atoms with Gasteiger partial charge in [0.25, 0.3) is 0 Å². The van der Waals surface area contributed by atoms with E-state index in [-0.39, 0.29) is 27.2 Å². The molecule has 0 aliphatic carbocycles. The van der Waals surface area contributed by atoms with Gasteiger partial charge in [-0.2, -0.15) is 0 Å². The van der Waals surface area contributed by atoms with E-state index in [1.54, 1.807) is 0 Å². The zero-order chi connectivity index (χ0) is 16.1. The molecule has 1 heterocycles. The summed E-state index contributed by atoms with van der Waals surface area (Å²) < 4.78 is 14.5. The van der Waals surface area contributed by atoms with E-state index in [1.165, 1.54) is 10.0 Å². The molecule has 1 aliphatic rings. The molecular weight excluding hydrogens is 419 g/mol. The molecule has 4 heteroatoms. The van der Waals surface area contributed by atoms with Crippen LogP contribution in [0.1, 0.15) is 25.0 Å². The van der Waals surface area contributed by atoms with Crippen molar-refractivity contribution in [1.82, 2.24) is 0 Å². The Balaban J connectivity index is 1.74. The van der Waals surface area contributed by atoms with Gasteiger partial charge in [-0.15, -0.1) is 0 Å². The molecule has 2 aromatic carbocycles. The molecule has 0 N–H and O–H groups in total. The molecule has 1 aliphatic heterocycles. The van der Waals surface area contributed by atoms with Crippen LogP contribution in [0.4, 0.5) is 0 Å². The van der Waals surface area contributed by atoms with Crippen LogP contribution in [-0.4, -0.2) is 27.7 Å². The predicted octanol–water partition coefficient (Wildman–Crippen LogP) is 4.19. The number of hydrogen-bond acceptors (Lipinski definition) is 2. The predicted molar refractivity (Wildman–Crippen MR) is 97.9 cm³/mol. The summed E-state index contributed by atoms with van der Waals surface area (Å²) in [6.07, 6.45) is 1.03. The van der Waals surface area contributed by atoms with Crippen LogP contribution in [0, 0.1) is 0 Å². The Morgan fingerprint density at radius 2 is 1.91 bits per heavy atom. The maximum atomic E-state index is 6.21. The Morgan fingerprint density at radius 3 is 2.61 bits per heavy atom. The van der Waals surface area contributed by atoms with Crippen molar-refractivity contribution >= 4 is 35.3 Å². The number of ether oxygens (including phenoxy) is 2. The Labute approximate surface area is 152 Å². The van der Waals surface area contributed by atoms with Gasteiger partial charge in [-0.3, -0.25) is 0 Å². The Hall–Kier alpha value is -1.06. The molecule has 2 nitrogen and oxygen atoms in total. The van der Waals surface area contributed by atoms with Gasteiger partial charge in [0.1, 0.15) is 0 Å². The zero-order valence-electron chi connectivity index (χ0n) is 12.9. The molecule has 3 rings (SSSR count). The number of benzene rings is 2. The second-order valence-electron chi connectivity index (χ2n) is 5.29. The van der Waals surface area contributed by atoms with Crippen molar-refractivity contribution in [3.63, 3.8) is 0 Å². The van der Waals surface area contributed by atoms with Gasteiger partial charge in [0, 0.05) is 0 Å². The fourth-order valence-corrected chi connectivity index (χ4v) is 4.45. The van der Waals surface area contributed by atoms with Crippen LogP contribution in [0.25, 0.3) is 0 Å². The molecular formula is C19H19BrO2Se. The molecule has 120 valence electrons. The minimum atomic E-state index is 0.0687. The third-order valence-electron chi connectivity index (χ3n) is 3.69. The van der Waals surface area contributed by atoms with E-state index in [2.05, 4.69) is 69.4 Å². The van der Waals surface area contributed by atoms with Gasteiger partial charge in [0.05, 0.1) is 0 Å². The summed E-state index contributed by atoms with van der Waals surface area (Å²) in [7, 11) is 0. The molecule has 0 unspecified atom stereocenters. The topological polar surface area (TPSA) is 18.5 Å². The quantitative estimate of drug-likeness (QED) is 0.653. The van der Waals surface area contributed by atoms with Gasteiger partial charge in [0.15, 0.2) is 0 Å². The molecule has 1 saturated heterocycles. The second-order valence-corrected chi connectivity index (χ2v) is 8.18. The third-order valence-corrected chi connectivity index (χ3v) is 6.09. The molecule has 0 aromatic heterocycles. The van der Waals surface area contributed by atoms with Crippen molar-refractivity contribution in [1.29, 1.82) is 0 Å². The number of rotatable bonds is 5. The van der Waals surface area contributed by atoms with Crippen molar-refractivity contribution in [2.75, 3.05) is 6.61 Å². The van der Waals surface area contributed by atoms with Crippen LogP contribution in [-0.2, 0) is 9.47 Å². The Morgan fingerprint density at radius 1 is 1.17 bits per heavy atom. The van der Waals surface area contributed by atoms with E-state index in [1.807, 2.05) is 13.0 Å². The van der Waals surface area contributed by atoms with E-state index < -0.39 is 0 Å². The van der Waals surface area contributed by atoms with Crippen molar-refractivity contribution in [2.24, 2.45) is 0 Å². The molecule has 0 amide bonds. The fourth-order valence-electron chi connectivity index (χ4n) is 2.56. The monoisotopic (exact) mass is 438 g/mol. The molecule has 0 bridgehead atoms. The van der Waals surface area contributed by atoms with Gasteiger partial charge in [-0.05, 0) is 0 Å². The van der Waals surface area contributed by atoms with Gasteiger partial charge < -0.3 is 0 Å². The zero-order valence-corrected chi connectivity index (χ0v) is 16.2. The molecule has 2 aromatic rings. The number of halogens is 1. The molecule has 0 spiro atoms. The first-order chi connectivity index (χ1) is 11.3. The van der Waals surface area contributed by atoms with Gasteiger partial charge in [-0.25, -0.2) is 0 Å². The van der Waals surface area contributed by atoms with Crippen molar-refractivity contribution in [3.05, 3.63) is 75.4 Å². The summed E-state index contributed by atoms with van der Waals surface area (Å²) >= 11 is 3.74. The number of hydrogen-bond donors (Lipinski definition) is 0. The van der Waals surface area contributed by atoms with E-state index >= 15 is 0 Å². The van der Waals surface area contributed by atoms with Crippen LogP contribution >= 0.6 is 15.9 Å². The first-order valence-electron chi connectivity index (χ1n) is 7.71. The van der Waals surface area contributed by atoms with Crippen molar-refractivity contribution in [3.8, 4) is 0 Å². The van der Waals surface area contributed by atoms with E-state index in [4.69, 9.17) is 9.47 Å². The van der Waals surface area contributed by atoms with E-state index in [9.17, 15) is 0 Å². The van der Waals surface area contributed by atoms with Crippen molar-refractivity contribution in [2.45, 2.75) is 25.6 Å². The normalized spacial score (nSPS) is 22.3. The Bertz CT molecular complexity index is 655. The summed E-state index contributed by atoms with van der Waals surface area (Å²) in [5.41, 5.74) is 1.20. The summed E-state index contributed by atoms with van der Waals surface area (Å²) in [5, 5.41) is 0. The van der Waals surface area contributed by atoms with E-state index in [0.717, 1.165) is 16.7 Å².